The average Bonchev–Trinajstić information content (AvgIpc) is 2.70. The highest BCUT2D eigenvalue weighted by atomic mass is 35.5. The van der Waals surface area contributed by atoms with Gasteiger partial charge in [-0.15, -0.1) is 0 Å². The van der Waals surface area contributed by atoms with E-state index in [1.807, 2.05) is 45.0 Å². The number of urea groups is 1. The van der Waals surface area contributed by atoms with Gasteiger partial charge in [0, 0.05) is 23.3 Å². The number of nitrogens with zero attached hydrogens (tertiary/aromatic N) is 1. The van der Waals surface area contributed by atoms with Crippen LogP contribution in [0.1, 0.15) is 38.3 Å². The highest BCUT2D eigenvalue weighted by molar-refractivity contribution is 6.30. The van der Waals surface area contributed by atoms with Gasteiger partial charge in [-0.05, 0) is 41.2 Å². The third kappa shape index (κ3) is 5.79. The zero-order chi connectivity index (χ0) is 23.5. The summed E-state index contributed by atoms with van der Waals surface area (Å²) in [6.45, 7) is 5.88. The Morgan fingerprint density at radius 2 is 1.81 bits per heavy atom. The van der Waals surface area contributed by atoms with Crippen LogP contribution in [0.3, 0.4) is 0 Å². The Balaban J connectivity index is 1.83. The lowest BCUT2D eigenvalue weighted by molar-refractivity contribution is -0.143. The number of anilines is 1. The molecular formula is C24H28ClN3O4. The van der Waals surface area contributed by atoms with Gasteiger partial charge < -0.3 is 20.6 Å². The van der Waals surface area contributed by atoms with Crippen LogP contribution < -0.4 is 10.6 Å². The van der Waals surface area contributed by atoms with Gasteiger partial charge in [0.2, 0.25) is 5.91 Å². The van der Waals surface area contributed by atoms with E-state index in [0.717, 1.165) is 11.1 Å². The van der Waals surface area contributed by atoms with Gasteiger partial charge in [0.25, 0.3) is 0 Å². The molecule has 3 N–H and O–H groups in total. The fraction of sp³-hybridized carbons (Fsp3) is 0.375. The van der Waals surface area contributed by atoms with Gasteiger partial charge in [-0.3, -0.25) is 9.59 Å². The lowest BCUT2D eigenvalue weighted by Crippen LogP contribution is -2.58. The normalized spacial score (nSPS) is 16.6. The number of hydrogen-bond acceptors (Lipinski definition) is 3. The molecule has 3 rings (SSSR count). The molecule has 1 aliphatic heterocycles. The molecular weight excluding hydrogens is 430 g/mol. The zero-order valence-corrected chi connectivity index (χ0v) is 19.1. The SMILES string of the molecule is CC(C)(C)[C@H](NC(=O)Nc1cccc(Cl)c1)C(=O)N1Cc2ccccc2C[C@@H]1CC(=O)O. The highest BCUT2D eigenvalue weighted by Crippen LogP contribution is 2.29. The minimum Gasteiger partial charge on any atom is -0.481 e. The fourth-order valence-corrected chi connectivity index (χ4v) is 4.10. The molecule has 2 aromatic rings. The van der Waals surface area contributed by atoms with E-state index in [9.17, 15) is 19.5 Å². The summed E-state index contributed by atoms with van der Waals surface area (Å²) in [6.07, 6.45) is 0.297. The van der Waals surface area contributed by atoms with Gasteiger partial charge >= 0.3 is 12.0 Å². The molecule has 0 bridgehead atoms. The van der Waals surface area contributed by atoms with E-state index in [1.54, 1.807) is 29.2 Å². The Morgan fingerprint density at radius 1 is 1.12 bits per heavy atom. The fourth-order valence-electron chi connectivity index (χ4n) is 3.91. The molecule has 0 spiro atoms. The molecule has 3 amide bonds. The van der Waals surface area contributed by atoms with Crippen molar-refractivity contribution in [3.05, 3.63) is 64.7 Å². The van der Waals surface area contributed by atoms with Crippen LogP contribution in [0.5, 0.6) is 0 Å². The molecule has 1 heterocycles. The van der Waals surface area contributed by atoms with Crippen LogP contribution in [0.2, 0.25) is 5.02 Å². The second-order valence-corrected chi connectivity index (χ2v) is 9.53. The summed E-state index contributed by atoms with van der Waals surface area (Å²) >= 11 is 5.98. The van der Waals surface area contributed by atoms with Crippen molar-refractivity contribution in [2.75, 3.05) is 5.32 Å². The van der Waals surface area contributed by atoms with E-state index >= 15 is 0 Å². The van der Waals surface area contributed by atoms with Crippen molar-refractivity contribution in [2.24, 2.45) is 5.41 Å². The third-order valence-electron chi connectivity index (χ3n) is 5.52. The Kier molecular flexibility index (Phi) is 7.09. The number of hydrogen-bond donors (Lipinski definition) is 3. The van der Waals surface area contributed by atoms with Crippen LogP contribution in [0.25, 0.3) is 0 Å². The molecule has 0 saturated carbocycles. The predicted octanol–water partition coefficient (Wildman–Crippen LogP) is 4.30. The van der Waals surface area contributed by atoms with Crippen LogP contribution in [0.15, 0.2) is 48.5 Å². The maximum absolute atomic E-state index is 13.7. The number of carbonyl (C=O) groups excluding carboxylic acids is 2. The highest BCUT2D eigenvalue weighted by Gasteiger charge is 2.40. The first-order chi connectivity index (χ1) is 15.0. The third-order valence-corrected chi connectivity index (χ3v) is 5.75. The first kappa shape index (κ1) is 23.6. The molecule has 0 saturated heterocycles. The minimum atomic E-state index is -0.967. The molecule has 0 fully saturated rings. The monoisotopic (exact) mass is 457 g/mol. The summed E-state index contributed by atoms with van der Waals surface area (Å²) in [7, 11) is 0. The lowest BCUT2D eigenvalue weighted by Gasteiger charge is -2.41. The summed E-state index contributed by atoms with van der Waals surface area (Å²) in [4.78, 5) is 39.4. The Labute approximate surface area is 192 Å². The minimum absolute atomic E-state index is 0.161. The van der Waals surface area contributed by atoms with E-state index in [0.29, 0.717) is 23.7 Å². The Bertz CT molecular complexity index is 1020. The Morgan fingerprint density at radius 3 is 2.44 bits per heavy atom. The van der Waals surface area contributed by atoms with Crippen molar-refractivity contribution in [1.82, 2.24) is 10.2 Å². The molecule has 32 heavy (non-hydrogen) atoms. The Hall–Kier alpha value is -3.06. The summed E-state index contributed by atoms with van der Waals surface area (Å²) < 4.78 is 0. The standard InChI is InChI=1S/C24H28ClN3O4/c1-24(2,3)21(27-23(32)26-18-10-6-9-17(25)12-18)22(31)28-14-16-8-5-4-7-15(16)11-19(28)13-20(29)30/h4-10,12,19,21H,11,13-14H2,1-3H3,(H,29,30)(H2,26,27,32)/t19-,21-/m1/s1. The number of benzene rings is 2. The molecule has 0 aliphatic carbocycles. The van der Waals surface area contributed by atoms with Gasteiger partial charge in [-0.25, -0.2) is 4.79 Å². The molecule has 0 unspecified atom stereocenters. The van der Waals surface area contributed by atoms with Crippen LogP contribution >= 0.6 is 11.6 Å². The van der Waals surface area contributed by atoms with Crippen LogP contribution in [-0.4, -0.2) is 40.0 Å². The number of rotatable bonds is 5. The second kappa shape index (κ2) is 9.61. The van der Waals surface area contributed by atoms with E-state index in [2.05, 4.69) is 10.6 Å². The van der Waals surface area contributed by atoms with Crippen molar-refractivity contribution in [3.63, 3.8) is 0 Å². The van der Waals surface area contributed by atoms with Crippen molar-refractivity contribution < 1.29 is 19.5 Å². The maximum atomic E-state index is 13.7. The topological polar surface area (TPSA) is 98.7 Å². The molecule has 8 heteroatoms. The number of halogens is 1. The van der Waals surface area contributed by atoms with Crippen molar-refractivity contribution in [3.8, 4) is 0 Å². The number of fused-ring (bicyclic) bond motifs is 1. The van der Waals surface area contributed by atoms with Gasteiger partial charge in [-0.2, -0.15) is 0 Å². The molecule has 0 aromatic heterocycles. The number of carbonyl (C=O) groups is 3. The van der Waals surface area contributed by atoms with E-state index in [-0.39, 0.29) is 12.3 Å². The molecule has 1 aliphatic rings. The maximum Gasteiger partial charge on any atom is 0.319 e. The van der Waals surface area contributed by atoms with Gasteiger partial charge in [0.05, 0.1) is 6.42 Å². The van der Waals surface area contributed by atoms with Gasteiger partial charge in [0.15, 0.2) is 0 Å². The average molecular weight is 458 g/mol. The molecule has 0 radical (unpaired) electrons. The summed E-state index contributed by atoms with van der Waals surface area (Å²) in [5, 5.41) is 15.4. The van der Waals surface area contributed by atoms with Crippen molar-refractivity contribution >= 4 is 35.2 Å². The molecule has 2 aromatic carbocycles. The second-order valence-electron chi connectivity index (χ2n) is 9.10. The van der Waals surface area contributed by atoms with Crippen molar-refractivity contribution in [2.45, 2.75) is 52.2 Å². The van der Waals surface area contributed by atoms with Crippen LogP contribution in [0, 0.1) is 5.41 Å². The van der Waals surface area contributed by atoms with Gasteiger partial charge in [0.1, 0.15) is 6.04 Å². The van der Waals surface area contributed by atoms with Crippen LogP contribution in [0.4, 0.5) is 10.5 Å². The number of carboxylic acid groups (broad SMARTS) is 1. The number of nitrogens with one attached hydrogen (secondary N) is 2. The summed E-state index contributed by atoms with van der Waals surface area (Å²) in [5.41, 5.74) is 1.93. The zero-order valence-electron chi connectivity index (χ0n) is 18.4. The summed E-state index contributed by atoms with van der Waals surface area (Å²) in [5.74, 6) is -1.27. The predicted molar refractivity (Wildman–Crippen MR) is 124 cm³/mol. The first-order valence-electron chi connectivity index (χ1n) is 10.5. The quantitative estimate of drug-likeness (QED) is 0.623. The molecule has 2 atom stereocenters. The largest absolute Gasteiger partial charge is 0.481 e. The van der Waals surface area contributed by atoms with Crippen LogP contribution in [-0.2, 0) is 22.6 Å². The molecule has 7 nitrogen and oxygen atoms in total. The summed E-state index contributed by atoms with van der Waals surface area (Å²) in [6, 6.07) is 12.6. The van der Waals surface area contributed by atoms with E-state index in [1.165, 1.54) is 0 Å². The van der Waals surface area contributed by atoms with Crippen molar-refractivity contribution in [1.29, 1.82) is 0 Å². The van der Waals surface area contributed by atoms with E-state index < -0.39 is 29.5 Å². The smallest absolute Gasteiger partial charge is 0.319 e. The number of amides is 3. The first-order valence-corrected chi connectivity index (χ1v) is 10.8. The van der Waals surface area contributed by atoms with E-state index in [4.69, 9.17) is 11.6 Å². The number of aliphatic carboxylic acids is 1. The van der Waals surface area contributed by atoms with Gasteiger partial charge in [-0.1, -0.05) is 62.7 Å². The lowest BCUT2D eigenvalue weighted by atomic mass is 9.84. The molecule has 170 valence electrons. The number of carboxylic acids is 1.